The summed E-state index contributed by atoms with van der Waals surface area (Å²) in [5.41, 5.74) is 0.812. The van der Waals surface area contributed by atoms with Gasteiger partial charge in [0.05, 0.1) is 43.4 Å². The molecule has 0 aliphatic carbocycles. The molecule has 3 aromatic rings. The molecule has 0 bridgehead atoms. The number of methoxy groups -OCH3 is 2. The third-order valence-corrected chi connectivity index (χ3v) is 4.57. The Bertz CT molecular complexity index is 1080. The molecule has 0 saturated carbocycles. The van der Waals surface area contributed by atoms with Crippen LogP contribution in [0.25, 0.3) is 22.3 Å². The third-order valence-electron chi connectivity index (χ3n) is 4.29. The number of halogens is 1. The summed E-state index contributed by atoms with van der Waals surface area (Å²) in [5.74, 6) is 2.37. The smallest absolute Gasteiger partial charge is 0.259 e. The molecule has 140 valence electrons. The maximum absolute atomic E-state index is 12.6. The van der Waals surface area contributed by atoms with Gasteiger partial charge in [-0.1, -0.05) is 11.6 Å². The van der Waals surface area contributed by atoms with Crippen LogP contribution in [-0.4, -0.2) is 37.4 Å². The number of nitrogens with one attached hydrogen (secondary N) is 1. The standard InChI is InChI=1S/C19H17ClN2O5/c1-24-14-8-11-13(9-15(14)25-2)21-18(22-19(11)23)10-6-12(20)17-16(7-10)26-4-3-5-27-17/h6-9H,3-5H2,1-2H3,(H,21,22,23). The van der Waals surface area contributed by atoms with E-state index < -0.39 is 0 Å². The molecule has 0 fully saturated rings. The lowest BCUT2D eigenvalue weighted by Gasteiger charge is -2.12. The van der Waals surface area contributed by atoms with Crippen LogP contribution in [0, 0.1) is 0 Å². The highest BCUT2D eigenvalue weighted by atomic mass is 35.5. The molecule has 1 aliphatic rings. The summed E-state index contributed by atoms with van der Waals surface area (Å²) in [6.07, 6.45) is 0.771. The van der Waals surface area contributed by atoms with E-state index >= 15 is 0 Å². The number of hydrogen-bond donors (Lipinski definition) is 1. The SMILES string of the molecule is COc1cc2nc(-c3cc(Cl)c4c(c3)OCCCO4)[nH]c(=O)c2cc1OC. The van der Waals surface area contributed by atoms with Gasteiger partial charge in [-0.2, -0.15) is 0 Å². The van der Waals surface area contributed by atoms with Gasteiger partial charge < -0.3 is 23.9 Å². The molecule has 0 unspecified atom stereocenters. The van der Waals surface area contributed by atoms with Crippen molar-refractivity contribution in [2.45, 2.75) is 6.42 Å². The van der Waals surface area contributed by atoms with Crippen molar-refractivity contribution in [2.75, 3.05) is 27.4 Å². The molecule has 2 heterocycles. The number of aromatic amines is 1. The lowest BCUT2D eigenvalue weighted by atomic mass is 10.1. The molecular weight excluding hydrogens is 372 g/mol. The van der Waals surface area contributed by atoms with E-state index in [2.05, 4.69) is 9.97 Å². The van der Waals surface area contributed by atoms with E-state index in [1.165, 1.54) is 14.2 Å². The van der Waals surface area contributed by atoms with Gasteiger partial charge in [-0.25, -0.2) is 4.98 Å². The van der Waals surface area contributed by atoms with E-state index in [9.17, 15) is 4.79 Å². The van der Waals surface area contributed by atoms with Crippen molar-refractivity contribution >= 4 is 22.5 Å². The number of hydrogen-bond acceptors (Lipinski definition) is 6. The summed E-state index contributed by atoms with van der Waals surface area (Å²) < 4.78 is 21.9. The molecule has 0 atom stereocenters. The Hall–Kier alpha value is -2.93. The molecule has 0 spiro atoms. The molecular formula is C19H17ClN2O5. The van der Waals surface area contributed by atoms with Crippen LogP contribution in [-0.2, 0) is 0 Å². The largest absolute Gasteiger partial charge is 0.493 e. The molecule has 0 radical (unpaired) electrons. The highest BCUT2D eigenvalue weighted by Crippen LogP contribution is 2.40. The van der Waals surface area contributed by atoms with Gasteiger partial charge in [-0.15, -0.1) is 0 Å². The first-order chi connectivity index (χ1) is 13.1. The Balaban J connectivity index is 1.88. The summed E-state index contributed by atoms with van der Waals surface area (Å²) >= 11 is 6.35. The monoisotopic (exact) mass is 388 g/mol. The van der Waals surface area contributed by atoms with Gasteiger partial charge in [0.15, 0.2) is 23.0 Å². The van der Waals surface area contributed by atoms with Gasteiger partial charge >= 0.3 is 0 Å². The zero-order chi connectivity index (χ0) is 19.0. The van der Waals surface area contributed by atoms with Crippen LogP contribution in [0.4, 0.5) is 0 Å². The van der Waals surface area contributed by atoms with Crippen LogP contribution in [0.5, 0.6) is 23.0 Å². The van der Waals surface area contributed by atoms with Gasteiger partial charge in [-0.05, 0) is 18.2 Å². The van der Waals surface area contributed by atoms with Crippen molar-refractivity contribution in [3.63, 3.8) is 0 Å². The first kappa shape index (κ1) is 17.5. The van der Waals surface area contributed by atoms with Gasteiger partial charge in [0.25, 0.3) is 5.56 Å². The molecule has 0 amide bonds. The van der Waals surface area contributed by atoms with Crippen molar-refractivity contribution in [3.8, 4) is 34.4 Å². The first-order valence-electron chi connectivity index (χ1n) is 8.36. The molecule has 4 rings (SSSR count). The minimum atomic E-state index is -0.292. The fourth-order valence-electron chi connectivity index (χ4n) is 2.97. The van der Waals surface area contributed by atoms with Crippen LogP contribution in [0.2, 0.25) is 5.02 Å². The molecule has 2 aromatic carbocycles. The quantitative estimate of drug-likeness (QED) is 0.740. The van der Waals surface area contributed by atoms with Crippen LogP contribution >= 0.6 is 11.6 Å². The van der Waals surface area contributed by atoms with Crippen molar-refractivity contribution in [2.24, 2.45) is 0 Å². The van der Waals surface area contributed by atoms with E-state index in [0.29, 0.717) is 63.5 Å². The average molecular weight is 389 g/mol. The summed E-state index contributed by atoms with van der Waals surface area (Å²) in [5, 5.41) is 0.802. The second-order valence-corrected chi connectivity index (χ2v) is 6.38. The van der Waals surface area contributed by atoms with Crippen molar-refractivity contribution in [3.05, 3.63) is 39.6 Å². The van der Waals surface area contributed by atoms with Crippen LogP contribution < -0.4 is 24.5 Å². The molecule has 8 heteroatoms. The topological polar surface area (TPSA) is 82.7 Å². The van der Waals surface area contributed by atoms with E-state index in [-0.39, 0.29) is 5.56 Å². The predicted molar refractivity (Wildman–Crippen MR) is 102 cm³/mol. The minimum Gasteiger partial charge on any atom is -0.493 e. The van der Waals surface area contributed by atoms with Gasteiger partial charge in [0.2, 0.25) is 0 Å². The second kappa shape index (κ2) is 7.00. The van der Waals surface area contributed by atoms with Gasteiger partial charge in [0, 0.05) is 18.1 Å². The second-order valence-electron chi connectivity index (χ2n) is 5.97. The number of benzene rings is 2. The summed E-state index contributed by atoms with van der Waals surface area (Å²) in [4.78, 5) is 19.9. The van der Waals surface area contributed by atoms with E-state index in [1.54, 1.807) is 24.3 Å². The number of fused-ring (bicyclic) bond motifs is 2. The molecule has 1 aliphatic heterocycles. The van der Waals surface area contributed by atoms with Crippen LogP contribution in [0.15, 0.2) is 29.1 Å². The number of ether oxygens (including phenoxy) is 4. The fraction of sp³-hybridized carbons (Fsp3) is 0.263. The van der Waals surface area contributed by atoms with E-state index in [4.69, 9.17) is 30.5 Å². The lowest BCUT2D eigenvalue weighted by molar-refractivity contribution is 0.297. The Morgan fingerprint density at radius 3 is 2.59 bits per heavy atom. The van der Waals surface area contributed by atoms with Crippen LogP contribution in [0.3, 0.4) is 0 Å². The number of rotatable bonds is 3. The maximum Gasteiger partial charge on any atom is 0.259 e. The zero-order valence-corrected chi connectivity index (χ0v) is 15.6. The van der Waals surface area contributed by atoms with Crippen molar-refractivity contribution in [1.82, 2.24) is 9.97 Å². The zero-order valence-electron chi connectivity index (χ0n) is 14.8. The Morgan fingerprint density at radius 2 is 1.81 bits per heavy atom. The normalized spacial score (nSPS) is 13.3. The van der Waals surface area contributed by atoms with Gasteiger partial charge in [-0.3, -0.25) is 4.79 Å². The number of nitrogens with zero attached hydrogens (tertiary/aromatic N) is 1. The first-order valence-corrected chi connectivity index (χ1v) is 8.74. The molecule has 7 nitrogen and oxygen atoms in total. The maximum atomic E-state index is 12.6. The summed E-state index contributed by atoms with van der Waals surface area (Å²) in [6, 6.07) is 6.72. The molecule has 1 N–H and O–H groups in total. The highest BCUT2D eigenvalue weighted by molar-refractivity contribution is 6.32. The number of aromatic nitrogens is 2. The minimum absolute atomic E-state index is 0.292. The van der Waals surface area contributed by atoms with Gasteiger partial charge in [0.1, 0.15) is 5.82 Å². The summed E-state index contributed by atoms with van der Waals surface area (Å²) in [7, 11) is 3.04. The fourth-order valence-corrected chi connectivity index (χ4v) is 3.24. The molecule has 0 saturated heterocycles. The van der Waals surface area contributed by atoms with Crippen LogP contribution in [0.1, 0.15) is 6.42 Å². The van der Waals surface area contributed by atoms with Crippen molar-refractivity contribution < 1.29 is 18.9 Å². The Labute approximate surface area is 159 Å². The predicted octanol–water partition coefficient (Wildman–Crippen LogP) is 3.42. The number of H-pyrrole nitrogens is 1. The summed E-state index contributed by atoms with van der Waals surface area (Å²) in [6.45, 7) is 1.07. The lowest BCUT2D eigenvalue weighted by Crippen LogP contribution is -2.10. The molecule has 1 aromatic heterocycles. The Morgan fingerprint density at radius 1 is 1.07 bits per heavy atom. The molecule has 27 heavy (non-hydrogen) atoms. The van der Waals surface area contributed by atoms with E-state index in [0.717, 1.165) is 6.42 Å². The highest BCUT2D eigenvalue weighted by Gasteiger charge is 2.18. The third kappa shape index (κ3) is 3.14. The Kier molecular flexibility index (Phi) is 4.53. The van der Waals surface area contributed by atoms with Crippen molar-refractivity contribution in [1.29, 1.82) is 0 Å². The van der Waals surface area contributed by atoms with E-state index in [1.807, 2.05) is 0 Å². The average Bonchev–Trinajstić information content (AvgIpc) is 2.92.